The number of nitrogens with one attached hydrogen (secondary N) is 1. The first-order chi connectivity index (χ1) is 9.28. The maximum absolute atomic E-state index is 5.46. The second kappa shape index (κ2) is 6.40. The molecule has 2 rings (SSSR count). The lowest BCUT2D eigenvalue weighted by molar-refractivity contribution is 0.413. The van der Waals surface area contributed by atoms with Crippen molar-refractivity contribution in [2.24, 2.45) is 5.84 Å². The van der Waals surface area contributed by atoms with Gasteiger partial charge < -0.3 is 10.2 Å². The zero-order chi connectivity index (χ0) is 13.7. The largest absolute Gasteiger partial charge is 0.497 e. The highest BCUT2D eigenvalue weighted by Gasteiger charge is 2.10. The second-order valence-corrected chi connectivity index (χ2v) is 4.85. The van der Waals surface area contributed by atoms with Crippen LogP contribution in [0.2, 0.25) is 0 Å². The molecule has 6 heteroatoms. The predicted octanol–water partition coefficient (Wildman–Crippen LogP) is 2.48. The molecular formula is C13H16N4OS. The average Bonchev–Trinajstić information content (AvgIpc) is 2.47. The summed E-state index contributed by atoms with van der Waals surface area (Å²) in [6.45, 7) is 2.05. The molecule has 0 saturated carbocycles. The fourth-order valence-corrected chi connectivity index (χ4v) is 2.71. The van der Waals surface area contributed by atoms with Crippen LogP contribution in [0.25, 0.3) is 0 Å². The Hall–Kier alpha value is -1.79. The first-order valence-corrected chi connectivity index (χ1v) is 6.72. The number of nitrogens with zero attached hydrogens (tertiary/aromatic N) is 2. The fourth-order valence-electron chi connectivity index (χ4n) is 1.70. The molecule has 0 bridgehead atoms. The van der Waals surface area contributed by atoms with E-state index in [1.54, 1.807) is 18.9 Å². The van der Waals surface area contributed by atoms with Gasteiger partial charge in [0.15, 0.2) is 0 Å². The molecule has 0 amide bonds. The van der Waals surface area contributed by atoms with Crippen LogP contribution in [-0.4, -0.2) is 17.1 Å². The second-order valence-electron chi connectivity index (χ2n) is 3.78. The van der Waals surface area contributed by atoms with Crippen LogP contribution < -0.4 is 16.0 Å². The van der Waals surface area contributed by atoms with Gasteiger partial charge in [0.05, 0.1) is 7.11 Å². The van der Waals surface area contributed by atoms with Crippen molar-refractivity contribution >= 4 is 17.6 Å². The van der Waals surface area contributed by atoms with Crippen LogP contribution in [0, 0.1) is 0 Å². The van der Waals surface area contributed by atoms with Crippen LogP contribution in [-0.2, 0) is 6.42 Å². The first-order valence-electron chi connectivity index (χ1n) is 5.90. The van der Waals surface area contributed by atoms with Gasteiger partial charge in [-0.05, 0) is 24.6 Å². The number of nitrogen functional groups attached to an aromatic ring is 1. The summed E-state index contributed by atoms with van der Waals surface area (Å²) >= 11 is 1.57. The van der Waals surface area contributed by atoms with Crippen molar-refractivity contribution in [3.05, 3.63) is 36.2 Å². The third kappa shape index (κ3) is 3.15. The lowest BCUT2D eigenvalue weighted by Crippen LogP contribution is -2.12. The van der Waals surface area contributed by atoms with E-state index in [0.717, 1.165) is 27.7 Å². The monoisotopic (exact) mass is 276 g/mol. The summed E-state index contributed by atoms with van der Waals surface area (Å²) in [6, 6.07) is 7.86. The van der Waals surface area contributed by atoms with Crippen molar-refractivity contribution in [2.45, 2.75) is 23.3 Å². The van der Waals surface area contributed by atoms with Crippen LogP contribution in [0.3, 0.4) is 0 Å². The van der Waals surface area contributed by atoms with Gasteiger partial charge in [-0.3, -0.25) is 0 Å². The van der Waals surface area contributed by atoms with Gasteiger partial charge in [0.25, 0.3) is 0 Å². The maximum Gasteiger partial charge on any atom is 0.147 e. The van der Waals surface area contributed by atoms with Crippen LogP contribution in [0.4, 0.5) is 5.82 Å². The number of nitrogens with two attached hydrogens (primary N) is 1. The summed E-state index contributed by atoms with van der Waals surface area (Å²) in [7, 11) is 1.66. The Morgan fingerprint density at radius 2 is 2.21 bits per heavy atom. The Morgan fingerprint density at radius 3 is 2.89 bits per heavy atom. The smallest absolute Gasteiger partial charge is 0.147 e. The molecule has 0 aliphatic heterocycles. The topological polar surface area (TPSA) is 73.1 Å². The van der Waals surface area contributed by atoms with Gasteiger partial charge in [0, 0.05) is 10.5 Å². The molecule has 19 heavy (non-hydrogen) atoms. The third-order valence-electron chi connectivity index (χ3n) is 2.65. The van der Waals surface area contributed by atoms with E-state index in [1.165, 1.54) is 6.33 Å². The summed E-state index contributed by atoms with van der Waals surface area (Å²) in [5.74, 6) is 6.96. The van der Waals surface area contributed by atoms with E-state index in [9.17, 15) is 0 Å². The van der Waals surface area contributed by atoms with Gasteiger partial charge in [-0.2, -0.15) is 0 Å². The Morgan fingerprint density at radius 1 is 1.37 bits per heavy atom. The minimum atomic E-state index is 0.669. The van der Waals surface area contributed by atoms with Crippen molar-refractivity contribution in [3.8, 4) is 5.75 Å². The molecule has 0 aliphatic carbocycles. The molecule has 3 N–H and O–H groups in total. The van der Waals surface area contributed by atoms with Gasteiger partial charge >= 0.3 is 0 Å². The van der Waals surface area contributed by atoms with Crippen LogP contribution in [0.1, 0.15) is 12.5 Å². The predicted molar refractivity (Wildman–Crippen MR) is 76.3 cm³/mol. The van der Waals surface area contributed by atoms with Crippen molar-refractivity contribution < 1.29 is 4.74 Å². The molecule has 2 aromatic rings. The van der Waals surface area contributed by atoms with Gasteiger partial charge in [-0.25, -0.2) is 15.8 Å². The molecule has 100 valence electrons. The number of methoxy groups -OCH3 is 1. The Kier molecular flexibility index (Phi) is 4.59. The van der Waals surface area contributed by atoms with Crippen LogP contribution in [0.5, 0.6) is 5.75 Å². The highest BCUT2D eigenvalue weighted by Crippen LogP contribution is 2.32. The maximum atomic E-state index is 5.46. The minimum Gasteiger partial charge on any atom is -0.497 e. The van der Waals surface area contributed by atoms with Crippen molar-refractivity contribution in [2.75, 3.05) is 12.5 Å². The summed E-state index contributed by atoms with van der Waals surface area (Å²) in [4.78, 5) is 9.51. The number of hydrogen-bond donors (Lipinski definition) is 2. The van der Waals surface area contributed by atoms with Crippen molar-refractivity contribution in [3.63, 3.8) is 0 Å². The number of benzene rings is 1. The standard InChI is InChI=1S/C13H16N4OS/c1-3-11-12(17-14)15-8-16-13(11)19-10-6-4-5-9(7-10)18-2/h4-8H,3,14H2,1-2H3,(H,15,16,17). The van der Waals surface area contributed by atoms with Gasteiger partial charge in [-0.15, -0.1) is 0 Å². The number of rotatable bonds is 5. The molecule has 1 aromatic carbocycles. The molecule has 0 atom stereocenters. The SMILES string of the molecule is CCc1c(NN)ncnc1Sc1cccc(OC)c1. The lowest BCUT2D eigenvalue weighted by atomic mass is 10.2. The molecule has 0 saturated heterocycles. The molecule has 0 spiro atoms. The molecule has 1 aromatic heterocycles. The number of ether oxygens (including phenoxy) is 1. The molecule has 1 heterocycles. The minimum absolute atomic E-state index is 0.669. The van der Waals surface area contributed by atoms with E-state index in [4.69, 9.17) is 10.6 Å². The van der Waals surface area contributed by atoms with Crippen LogP contribution in [0.15, 0.2) is 40.5 Å². The Balaban J connectivity index is 2.32. The van der Waals surface area contributed by atoms with E-state index in [2.05, 4.69) is 22.3 Å². The summed E-state index contributed by atoms with van der Waals surface area (Å²) in [5.41, 5.74) is 3.62. The van der Waals surface area contributed by atoms with Gasteiger partial charge in [0.1, 0.15) is 22.9 Å². The fraction of sp³-hybridized carbons (Fsp3) is 0.231. The van der Waals surface area contributed by atoms with Crippen molar-refractivity contribution in [1.82, 2.24) is 9.97 Å². The summed E-state index contributed by atoms with van der Waals surface area (Å²) in [6.07, 6.45) is 2.32. The molecule has 5 nitrogen and oxygen atoms in total. The molecule has 0 fully saturated rings. The molecule has 0 aliphatic rings. The Bertz CT molecular complexity index is 562. The Labute approximate surface area is 116 Å². The highest BCUT2D eigenvalue weighted by atomic mass is 32.2. The molecular weight excluding hydrogens is 260 g/mol. The normalized spacial score (nSPS) is 10.3. The van der Waals surface area contributed by atoms with E-state index in [0.29, 0.717) is 5.82 Å². The molecule has 0 radical (unpaired) electrons. The number of anilines is 1. The van der Waals surface area contributed by atoms with Gasteiger partial charge in [-0.1, -0.05) is 24.8 Å². The number of aromatic nitrogens is 2. The van der Waals surface area contributed by atoms with E-state index < -0.39 is 0 Å². The lowest BCUT2D eigenvalue weighted by Gasteiger charge is -2.10. The van der Waals surface area contributed by atoms with E-state index in [1.807, 2.05) is 24.3 Å². The van der Waals surface area contributed by atoms with Gasteiger partial charge in [0.2, 0.25) is 0 Å². The average molecular weight is 276 g/mol. The number of hydrogen-bond acceptors (Lipinski definition) is 6. The zero-order valence-electron chi connectivity index (χ0n) is 10.9. The number of hydrazine groups is 1. The summed E-state index contributed by atoms with van der Waals surface area (Å²) in [5, 5.41) is 0.902. The molecule has 0 unspecified atom stereocenters. The van der Waals surface area contributed by atoms with E-state index in [-0.39, 0.29) is 0 Å². The van der Waals surface area contributed by atoms with E-state index >= 15 is 0 Å². The summed E-state index contributed by atoms with van der Waals surface area (Å²) < 4.78 is 5.22. The highest BCUT2D eigenvalue weighted by molar-refractivity contribution is 7.99. The third-order valence-corrected chi connectivity index (χ3v) is 3.69. The first kappa shape index (κ1) is 13.6. The van der Waals surface area contributed by atoms with Crippen molar-refractivity contribution in [1.29, 1.82) is 0 Å². The zero-order valence-corrected chi connectivity index (χ0v) is 11.7. The van der Waals surface area contributed by atoms with Crippen LogP contribution >= 0.6 is 11.8 Å². The quantitative estimate of drug-likeness (QED) is 0.496.